The summed E-state index contributed by atoms with van der Waals surface area (Å²) in [6, 6.07) is 4.80. The summed E-state index contributed by atoms with van der Waals surface area (Å²) in [6.07, 6.45) is 0. The average molecular weight is 311 g/mol. The van der Waals surface area contributed by atoms with Crippen molar-refractivity contribution in [3.05, 3.63) is 29.8 Å². The lowest BCUT2D eigenvalue weighted by molar-refractivity contribution is -0.140. The Balaban J connectivity index is 2.57. The molecule has 9 heteroatoms. The molecule has 0 saturated heterocycles. The molecule has 0 unspecified atom stereocenters. The van der Waals surface area contributed by atoms with Crippen LogP contribution in [-0.2, 0) is 9.59 Å². The first-order valence-electron chi connectivity index (χ1n) is 5.76. The van der Waals surface area contributed by atoms with E-state index in [4.69, 9.17) is 10.2 Å². The molecule has 0 spiro atoms. The normalized spacial score (nSPS) is 12.0. The van der Waals surface area contributed by atoms with Crippen molar-refractivity contribution in [1.82, 2.24) is 5.32 Å². The summed E-state index contributed by atoms with van der Waals surface area (Å²) < 4.78 is 3.71. The number of carbonyl (C=O) groups excluding carboxylic acids is 1. The third-order valence-corrected chi connectivity index (χ3v) is 2.90. The van der Waals surface area contributed by atoms with Crippen LogP contribution in [0.4, 0.5) is 5.69 Å². The summed E-state index contributed by atoms with van der Waals surface area (Å²) >= 11 is 0.856. The number of carboxylic acids is 2. The molecule has 0 aromatic heterocycles. The lowest BCUT2D eigenvalue weighted by atomic mass is 10.2. The minimum Gasteiger partial charge on any atom is -0.480 e. The summed E-state index contributed by atoms with van der Waals surface area (Å²) in [7, 11) is 0. The molecule has 1 amide bonds. The van der Waals surface area contributed by atoms with Crippen molar-refractivity contribution in [3.63, 3.8) is 0 Å². The molecule has 8 nitrogen and oxygen atoms in total. The van der Waals surface area contributed by atoms with E-state index in [1.54, 1.807) is 6.07 Å². The maximum absolute atomic E-state index is 10.9. The van der Waals surface area contributed by atoms with Gasteiger partial charge in [-0.3, -0.25) is 4.79 Å². The van der Waals surface area contributed by atoms with E-state index in [1.807, 2.05) is 0 Å². The van der Waals surface area contributed by atoms with Gasteiger partial charge in [0.25, 0.3) is 0 Å². The number of hydrogen-bond acceptors (Lipinski definition) is 6. The molecule has 112 valence electrons. The van der Waals surface area contributed by atoms with Crippen LogP contribution >= 0.6 is 11.9 Å². The van der Waals surface area contributed by atoms with Gasteiger partial charge in [0.1, 0.15) is 6.04 Å². The zero-order chi connectivity index (χ0) is 15.8. The van der Waals surface area contributed by atoms with Crippen LogP contribution < -0.4 is 5.32 Å². The summed E-state index contributed by atoms with van der Waals surface area (Å²) in [5.41, 5.74) is 0.423. The highest BCUT2D eigenvalue weighted by molar-refractivity contribution is 7.97. The Kier molecular flexibility index (Phi) is 6.34. The molecule has 0 bridgehead atoms. The molecule has 21 heavy (non-hydrogen) atoms. The standard InChI is InChI=1S/C12H13N3O5S/c1-7(16)13-10(12(19)20)6-21-15-14-9-4-2-3-8(5-9)11(17)18/h2-5,10H,6H2,1H3,(H,13,16)(H,17,18)(H,19,20)/t10-/m0/s1. The molecule has 1 atom stereocenters. The van der Waals surface area contributed by atoms with E-state index in [1.165, 1.54) is 25.1 Å². The number of carboxylic acid groups (broad SMARTS) is 2. The summed E-state index contributed by atoms with van der Waals surface area (Å²) in [5.74, 6) is -2.68. The molecule has 0 aliphatic heterocycles. The molecule has 0 saturated carbocycles. The molecule has 1 rings (SSSR count). The number of nitrogens with one attached hydrogen (secondary N) is 1. The summed E-state index contributed by atoms with van der Waals surface area (Å²) in [4.78, 5) is 32.4. The smallest absolute Gasteiger partial charge is 0.335 e. The SMILES string of the molecule is CC(=O)N[C@@H](CSN=Nc1cccc(C(=O)O)c1)C(=O)O. The van der Waals surface area contributed by atoms with Gasteiger partial charge in [0.15, 0.2) is 0 Å². The van der Waals surface area contributed by atoms with E-state index >= 15 is 0 Å². The fourth-order valence-electron chi connectivity index (χ4n) is 1.31. The van der Waals surface area contributed by atoms with Gasteiger partial charge in [-0.25, -0.2) is 9.59 Å². The molecule has 0 heterocycles. The van der Waals surface area contributed by atoms with Crippen molar-refractivity contribution >= 4 is 35.5 Å². The molecule has 0 radical (unpaired) electrons. The van der Waals surface area contributed by atoms with Crippen molar-refractivity contribution in [1.29, 1.82) is 0 Å². The van der Waals surface area contributed by atoms with Crippen LogP contribution in [0.5, 0.6) is 0 Å². The quantitative estimate of drug-likeness (QED) is 0.519. The third-order valence-electron chi connectivity index (χ3n) is 2.22. The Morgan fingerprint density at radius 2 is 2.05 bits per heavy atom. The minimum absolute atomic E-state index is 0.0109. The molecule has 1 aromatic carbocycles. The van der Waals surface area contributed by atoms with E-state index < -0.39 is 23.9 Å². The number of carbonyl (C=O) groups is 3. The van der Waals surface area contributed by atoms with Gasteiger partial charge < -0.3 is 15.5 Å². The molecule has 0 aliphatic carbocycles. The lowest BCUT2D eigenvalue weighted by Crippen LogP contribution is -2.41. The van der Waals surface area contributed by atoms with Gasteiger partial charge in [-0.2, -0.15) is 0 Å². The zero-order valence-electron chi connectivity index (χ0n) is 11.0. The maximum Gasteiger partial charge on any atom is 0.335 e. The molecule has 0 aliphatic rings. The topological polar surface area (TPSA) is 128 Å². The first-order valence-corrected chi connectivity index (χ1v) is 6.70. The number of nitrogens with zero attached hydrogens (tertiary/aromatic N) is 2. The second-order valence-electron chi connectivity index (χ2n) is 3.92. The van der Waals surface area contributed by atoms with E-state index in [-0.39, 0.29) is 11.3 Å². The van der Waals surface area contributed by atoms with Gasteiger partial charge >= 0.3 is 11.9 Å². The number of benzene rings is 1. The lowest BCUT2D eigenvalue weighted by Gasteiger charge is -2.10. The summed E-state index contributed by atoms with van der Waals surface area (Å²) in [6.45, 7) is 1.22. The Hall–Kier alpha value is -2.42. The average Bonchev–Trinajstić information content (AvgIpc) is 2.41. The van der Waals surface area contributed by atoms with Crippen molar-refractivity contribution in [2.24, 2.45) is 9.63 Å². The highest BCUT2D eigenvalue weighted by Gasteiger charge is 2.18. The number of aliphatic carboxylic acids is 1. The van der Waals surface area contributed by atoms with Gasteiger partial charge in [0, 0.05) is 24.6 Å². The van der Waals surface area contributed by atoms with Crippen LogP contribution in [0.3, 0.4) is 0 Å². The van der Waals surface area contributed by atoms with E-state index in [0.29, 0.717) is 5.69 Å². The molecule has 3 N–H and O–H groups in total. The zero-order valence-corrected chi connectivity index (χ0v) is 11.8. The van der Waals surface area contributed by atoms with E-state index in [0.717, 1.165) is 11.9 Å². The van der Waals surface area contributed by atoms with Crippen molar-refractivity contribution < 1.29 is 24.6 Å². The summed E-state index contributed by atoms with van der Waals surface area (Å²) in [5, 5.41) is 23.7. The minimum atomic E-state index is -1.17. The van der Waals surface area contributed by atoms with Gasteiger partial charge in [-0.1, -0.05) is 6.07 Å². The first kappa shape index (κ1) is 16.6. The molecular weight excluding hydrogens is 298 g/mol. The predicted octanol–water partition coefficient (Wildman–Crippen LogP) is 1.71. The second kappa shape index (κ2) is 8.00. The van der Waals surface area contributed by atoms with Crippen molar-refractivity contribution in [3.8, 4) is 0 Å². The van der Waals surface area contributed by atoms with E-state index in [2.05, 4.69) is 15.0 Å². The van der Waals surface area contributed by atoms with Crippen LogP contribution in [0.2, 0.25) is 0 Å². The van der Waals surface area contributed by atoms with Gasteiger partial charge in [-0.05, 0) is 18.2 Å². The molecule has 0 fully saturated rings. The van der Waals surface area contributed by atoms with Crippen LogP contribution in [0, 0.1) is 0 Å². The number of rotatable bonds is 7. The highest BCUT2D eigenvalue weighted by Crippen LogP contribution is 2.17. The van der Waals surface area contributed by atoms with Crippen LogP contribution in [0.15, 0.2) is 33.9 Å². The first-order chi connectivity index (χ1) is 9.90. The Bertz CT molecular complexity index is 576. The molecular formula is C12H13N3O5S. The highest BCUT2D eigenvalue weighted by atomic mass is 32.2. The van der Waals surface area contributed by atoms with Crippen molar-refractivity contribution in [2.75, 3.05) is 5.75 Å². The monoisotopic (exact) mass is 311 g/mol. The third kappa shape index (κ3) is 6.04. The molecule has 1 aromatic rings. The number of hydrogen-bond donors (Lipinski definition) is 3. The predicted molar refractivity (Wildman–Crippen MR) is 75.6 cm³/mol. The van der Waals surface area contributed by atoms with Crippen LogP contribution in [-0.4, -0.2) is 39.9 Å². The second-order valence-corrected chi connectivity index (χ2v) is 4.68. The van der Waals surface area contributed by atoms with E-state index in [9.17, 15) is 14.4 Å². The van der Waals surface area contributed by atoms with Gasteiger partial charge in [-0.15, -0.1) is 9.63 Å². The Labute approximate surface area is 124 Å². The number of aromatic carboxylic acids is 1. The number of amides is 1. The fraction of sp³-hybridized carbons (Fsp3) is 0.250. The van der Waals surface area contributed by atoms with Gasteiger partial charge in [0.05, 0.1) is 11.3 Å². The van der Waals surface area contributed by atoms with Crippen molar-refractivity contribution in [2.45, 2.75) is 13.0 Å². The Morgan fingerprint density at radius 1 is 1.33 bits per heavy atom. The fourth-order valence-corrected chi connectivity index (χ4v) is 1.90. The van der Waals surface area contributed by atoms with Crippen LogP contribution in [0.1, 0.15) is 17.3 Å². The maximum atomic E-state index is 10.9. The largest absolute Gasteiger partial charge is 0.480 e. The van der Waals surface area contributed by atoms with Gasteiger partial charge in [0.2, 0.25) is 5.91 Å². The Morgan fingerprint density at radius 3 is 2.62 bits per heavy atom. The van der Waals surface area contributed by atoms with Crippen LogP contribution in [0.25, 0.3) is 0 Å².